The van der Waals surface area contributed by atoms with Crippen LogP contribution in [0.2, 0.25) is 0 Å². The molecule has 0 aliphatic carbocycles. The maximum absolute atomic E-state index is 9.49. The normalized spacial score (nSPS) is 16.7. The third-order valence-corrected chi connectivity index (χ3v) is 3.69. The number of nitrogens with one attached hydrogen (secondary N) is 2. The minimum atomic E-state index is -0.199. The molecule has 1 rings (SSSR count). The van der Waals surface area contributed by atoms with Crippen molar-refractivity contribution in [3.05, 3.63) is 12.4 Å². The standard InChI is InChI=1S/C12H23N3OS/c1-4-5-15-12(3,9-16)8-10(2)17-11-13-6-7-14-11/h6-7,10,15-16H,4-5,8-9H2,1-3H3,(H,13,14). The highest BCUT2D eigenvalue weighted by molar-refractivity contribution is 7.99. The molecule has 0 bridgehead atoms. The van der Waals surface area contributed by atoms with Gasteiger partial charge in [0.05, 0.1) is 6.61 Å². The quantitative estimate of drug-likeness (QED) is 0.624. The average Bonchev–Trinajstić information content (AvgIpc) is 2.79. The van der Waals surface area contributed by atoms with Gasteiger partial charge in [-0.05, 0) is 26.3 Å². The van der Waals surface area contributed by atoms with Gasteiger partial charge in [-0.15, -0.1) is 0 Å². The van der Waals surface area contributed by atoms with E-state index in [2.05, 4.69) is 36.1 Å². The first kappa shape index (κ1) is 14.5. The summed E-state index contributed by atoms with van der Waals surface area (Å²) in [7, 11) is 0. The number of aromatic nitrogens is 2. The van der Waals surface area contributed by atoms with Gasteiger partial charge in [0.25, 0.3) is 0 Å². The molecule has 0 aromatic carbocycles. The van der Waals surface area contributed by atoms with Crippen LogP contribution >= 0.6 is 11.8 Å². The number of rotatable bonds is 8. The molecule has 0 fully saturated rings. The summed E-state index contributed by atoms with van der Waals surface area (Å²) in [6.45, 7) is 7.47. The predicted molar refractivity (Wildman–Crippen MR) is 72.3 cm³/mol. The lowest BCUT2D eigenvalue weighted by Crippen LogP contribution is -2.47. The van der Waals surface area contributed by atoms with Crippen LogP contribution in [-0.4, -0.2) is 39.0 Å². The van der Waals surface area contributed by atoms with E-state index >= 15 is 0 Å². The van der Waals surface area contributed by atoms with Gasteiger partial charge >= 0.3 is 0 Å². The first-order chi connectivity index (χ1) is 8.09. The van der Waals surface area contributed by atoms with Crippen LogP contribution in [0, 0.1) is 0 Å². The van der Waals surface area contributed by atoms with Gasteiger partial charge in [0, 0.05) is 23.2 Å². The predicted octanol–water partition coefficient (Wildman–Crippen LogP) is 2.03. The van der Waals surface area contributed by atoms with Gasteiger partial charge in [-0.2, -0.15) is 0 Å². The molecule has 2 atom stereocenters. The molecule has 1 aromatic heterocycles. The van der Waals surface area contributed by atoms with E-state index in [9.17, 15) is 5.11 Å². The Morgan fingerprint density at radius 3 is 2.94 bits per heavy atom. The maximum Gasteiger partial charge on any atom is 0.165 e. The molecule has 5 heteroatoms. The second-order valence-corrected chi connectivity index (χ2v) is 6.10. The minimum Gasteiger partial charge on any atom is -0.394 e. The smallest absolute Gasteiger partial charge is 0.165 e. The Labute approximate surface area is 108 Å². The average molecular weight is 257 g/mol. The number of thioether (sulfide) groups is 1. The molecule has 0 amide bonds. The van der Waals surface area contributed by atoms with Crippen LogP contribution in [0.15, 0.2) is 17.6 Å². The summed E-state index contributed by atoms with van der Waals surface area (Å²) in [5.41, 5.74) is -0.199. The van der Waals surface area contributed by atoms with Gasteiger partial charge in [0.1, 0.15) is 0 Å². The summed E-state index contributed by atoms with van der Waals surface area (Å²) in [6, 6.07) is 0. The van der Waals surface area contributed by atoms with Gasteiger partial charge in [-0.1, -0.05) is 25.6 Å². The number of hydrogen-bond acceptors (Lipinski definition) is 4. The summed E-state index contributed by atoms with van der Waals surface area (Å²) in [5, 5.41) is 14.2. The molecule has 0 radical (unpaired) electrons. The lowest BCUT2D eigenvalue weighted by Gasteiger charge is -2.31. The molecular weight excluding hydrogens is 234 g/mol. The highest BCUT2D eigenvalue weighted by Crippen LogP contribution is 2.26. The van der Waals surface area contributed by atoms with Crippen LogP contribution in [0.4, 0.5) is 0 Å². The molecular formula is C12H23N3OS. The van der Waals surface area contributed by atoms with E-state index in [4.69, 9.17) is 0 Å². The molecule has 4 nitrogen and oxygen atoms in total. The topological polar surface area (TPSA) is 60.9 Å². The van der Waals surface area contributed by atoms with Gasteiger partial charge in [-0.3, -0.25) is 0 Å². The SMILES string of the molecule is CCCNC(C)(CO)CC(C)Sc1ncc[nH]1. The Bertz CT molecular complexity index is 305. The van der Waals surface area contributed by atoms with E-state index in [1.54, 1.807) is 18.0 Å². The lowest BCUT2D eigenvalue weighted by molar-refractivity contribution is 0.166. The summed E-state index contributed by atoms with van der Waals surface area (Å²) in [6.07, 6.45) is 5.58. The monoisotopic (exact) mass is 257 g/mol. The Balaban J connectivity index is 2.43. The van der Waals surface area contributed by atoms with Crippen molar-refractivity contribution in [2.24, 2.45) is 0 Å². The Morgan fingerprint density at radius 1 is 1.65 bits per heavy atom. The molecule has 0 spiro atoms. The van der Waals surface area contributed by atoms with E-state index in [0.717, 1.165) is 24.5 Å². The van der Waals surface area contributed by atoms with Gasteiger partial charge in [-0.25, -0.2) is 4.98 Å². The van der Waals surface area contributed by atoms with E-state index in [0.29, 0.717) is 5.25 Å². The maximum atomic E-state index is 9.49. The molecule has 1 aromatic rings. The number of aromatic amines is 1. The molecule has 98 valence electrons. The molecule has 17 heavy (non-hydrogen) atoms. The van der Waals surface area contributed by atoms with Crippen LogP contribution in [0.3, 0.4) is 0 Å². The number of H-pyrrole nitrogens is 1. The number of hydrogen-bond donors (Lipinski definition) is 3. The summed E-state index contributed by atoms with van der Waals surface area (Å²) >= 11 is 1.71. The van der Waals surface area contributed by atoms with Crippen molar-refractivity contribution in [2.45, 2.75) is 49.6 Å². The zero-order chi connectivity index (χ0) is 12.7. The third-order valence-electron chi connectivity index (χ3n) is 2.67. The second kappa shape index (κ2) is 7.03. The van der Waals surface area contributed by atoms with E-state index < -0.39 is 0 Å². The van der Waals surface area contributed by atoms with Crippen LogP contribution in [-0.2, 0) is 0 Å². The van der Waals surface area contributed by atoms with Crippen molar-refractivity contribution >= 4 is 11.8 Å². The van der Waals surface area contributed by atoms with Crippen LogP contribution < -0.4 is 5.32 Å². The summed E-state index contributed by atoms with van der Waals surface area (Å²) in [4.78, 5) is 7.28. The summed E-state index contributed by atoms with van der Waals surface area (Å²) < 4.78 is 0. The largest absolute Gasteiger partial charge is 0.394 e. The van der Waals surface area contributed by atoms with Gasteiger partial charge in [0.2, 0.25) is 0 Å². The molecule has 0 aliphatic rings. The fourth-order valence-corrected chi connectivity index (χ4v) is 2.89. The van der Waals surface area contributed by atoms with E-state index in [1.807, 2.05) is 6.20 Å². The van der Waals surface area contributed by atoms with Crippen molar-refractivity contribution in [1.29, 1.82) is 0 Å². The molecule has 3 N–H and O–H groups in total. The van der Waals surface area contributed by atoms with Crippen molar-refractivity contribution in [1.82, 2.24) is 15.3 Å². The van der Waals surface area contributed by atoms with Crippen LogP contribution in [0.5, 0.6) is 0 Å². The first-order valence-electron chi connectivity index (χ1n) is 6.11. The Hall–Kier alpha value is -0.520. The zero-order valence-corrected chi connectivity index (χ0v) is 11.7. The fraction of sp³-hybridized carbons (Fsp3) is 0.750. The highest BCUT2D eigenvalue weighted by atomic mass is 32.2. The van der Waals surface area contributed by atoms with Crippen molar-refractivity contribution in [2.75, 3.05) is 13.2 Å². The molecule has 0 aliphatic heterocycles. The van der Waals surface area contributed by atoms with Crippen LogP contribution in [0.25, 0.3) is 0 Å². The van der Waals surface area contributed by atoms with Crippen molar-refractivity contribution in [3.8, 4) is 0 Å². The van der Waals surface area contributed by atoms with E-state index in [-0.39, 0.29) is 12.1 Å². The number of aliphatic hydroxyl groups excluding tert-OH is 1. The molecule has 2 unspecified atom stereocenters. The van der Waals surface area contributed by atoms with Gasteiger partial charge < -0.3 is 15.4 Å². The number of aliphatic hydroxyl groups is 1. The minimum absolute atomic E-state index is 0.163. The molecule has 0 saturated carbocycles. The Morgan fingerprint density at radius 2 is 2.41 bits per heavy atom. The number of imidazole rings is 1. The molecule has 0 saturated heterocycles. The van der Waals surface area contributed by atoms with E-state index in [1.165, 1.54) is 0 Å². The third kappa shape index (κ3) is 5.10. The Kier molecular flexibility index (Phi) is 6.02. The zero-order valence-electron chi connectivity index (χ0n) is 10.9. The van der Waals surface area contributed by atoms with Crippen molar-refractivity contribution in [3.63, 3.8) is 0 Å². The van der Waals surface area contributed by atoms with Crippen molar-refractivity contribution < 1.29 is 5.11 Å². The highest BCUT2D eigenvalue weighted by Gasteiger charge is 2.25. The fourth-order valence-electron chi connectivity index (χ4n) is 1.80. The number of nitrogens with zero attached hydrogens (tertiary/aromatic N) is 1. The first-order valence-corrected chi connectivity index (χ1v) is 6.99. The molecule has 1 heterocycles. The lowest BCUT2D eigenvalue weighted by atomic mass is 9.97. The van der Waals surface area contributed by atoms with Gasteiger partial charge in [0.15, 0.2) is 5.16 Å². The van der Waals surface area contributed by atoms with Crippen LogP contribution in [0.1, 0.15) is 33.6 Å². The summed E-state index contributed by atoms with van der Waals surface area (Å²) in [5.74, 6) is 0. The second-order valence-electron chi connectivity index (χ2n) is 4.67.